The van der Waals surface area contributed by atoms with Gasteiger partial charge in [0.25, 0.3) is 11.6 Å². The lowest BCUT2D eigenvalue weighted by molar-refractivity contribution is -0.384. The van der Waals surface area contributed by atoms with E-state index in [1.807, 2.05) is 0 Å². The molecule has 1 unspecified atom stereocenters. The lowest BCUT2D eigenvalue weighted by Crippen LogP contribution is -2.29. The van der Waals surface area contributed by atoms with Crippen molar-refractivity contribution in [3.05, 3.63) is 109 Å². The Kier molecular flexibility index (Phi) is 5.06. The highest BCUT2D eigenvalue weighted by Gasteiger charge is 2.44. The van der Waals surface area contributed by atoms with E-state index in [2.05, 4.69) is 0 Å². The highest BCUT2D eigenvalue weighted by molar-refractivity contribution is 6.32. The maximum atomic E-state index is 13.9. The molecule has 0 aliphatic carbocycles. The summed E-state index contributed by atoms with van der Waals surface area (Å²) in [5.41, 5.74) is -0.212. The zero-order valence-corrected chi connectivity index (χ0v) is 18.2. The summed E-state index contributed by atoms with van der Waals surface area (Å²) < 4.78 is 24.8. The number of ether oxygens (including phenoxy) is 1. The van der Waals surface area contributed by atoms with Crippen LogP contribution in [0.25, 0.3) is 11.0 Å². The molecule has 0 fully saturated rings. The first-order valence-electron chi connectivity index (χ1n) is 9.98. The number of anilines is 1. The van der Waals surface area contributed by atoms with Crippen LogP contribution >= 0.6 is 11.6 Å². The second-order valence-electron chi connectivity index (χ2n) is 7.56. The Morgan fingerprint density at radius 1 is 1.12 bits per heavy atom. The van der Waals surface area contributed by atoms with Gasteiger partial charge in [0, 0.05) is 17.8 Å². The molecular weight excluding hydrogens is 467 g/mol. The molecule has 0 radical (unpaired) electrons. The van der Waals surface area contributed by atoms with E-state index in [1.54, 1.807) is 18.2 Å². The van der Waals surface area contributed by atoms with Gasteiger partial charge in [0.15, 0.2) is 5.43 Å². The molecule has 170 valence electrons. The summed E-state index contributed by atoms with van der Waals surface area (Å²) >= 11 is 6.28. The number of methoxy groups -OCH3 is 1. The van der Waals surface area contributed by atoms with Crippen molar-refractivity contribution in [1.82, 2.24) is 0 Å². The van der Waals surface area contributed by atoms with Crippen LogP contribution in [0.3, 0.4) is 0 Å². The summed E-state index contributed by atoms with van der Waals surface area (Å²) in [6, 6.07) is 12.6. The van der Waals surface area contributed by atoms with Crippen molar-refractivity contribution in [2.45, 2.75) is 6.04 Å². The highest BCUT2D eigenvalue weighted by atomic mass is 35.5. The Balaban J connectivity index is 1.81. The fourth-order valence-electron chi connectivity index (χ4n) is 4.14. The third-order valence-electron chi connectivity index (χ3n) is 5.64. The molecule has 0 saturated heterocycles. The van der Waals surface area contributed by atoms with Gasteiger partial charge in [-0.15, -0.1) is 0 Å². The summed E-state index contributed by atoms with van der Waals surface area (Å²) in [5.74, 6) is -1.14. The number of nitro groups is 1. The molecule has 1 aromatic heterocycles. The topological polar surface area (TPSA) is 103 Å². The fraction of sp³-hybridized carbons (Fsp3) is 0.0833. The lowest BCUT2D eigenvalue weighted by Gasteiger charge is -2.25. The van der Waals surface area contributed by atoms with Crippen molar-refractivity contribution in [2.24, 2.45) is 0 Å². The van der Waals surface area contributed by atoms with E-state index in [0.717, 1.165) is 12.1 Å². The Labute approximate surface area is 195 Å². The van der Waals surface area contributed by atoms with Crippen LogP contribution < -0.4 is 15.1 Å². The third kappa shape index (κ3) is 3.29. The predicted octanol–water partition coefficient (Wildman–Crippen LogP) is 5.25. The monoisotopic (exact) mass is 480 g/mol. The molecule has 4 aromatic rings. The number of fused-ring (bicyclic) bond motifs is 2. The summed E-state index contributed by atoms with van der Waals surface area (Å²) in [6.07, 6.45) is 0. The molecule has 0 spiro atoms. The number of halogens is 2. The predicted molar refractivity (Wildman–Crippen MR) is 122 cm³/mol. The van der Waals surface area contributed by atoms with Crippen LogP contribution in [0.4, 0.5) is 15.8 Å². The minimum Gasteiger partial charge on any atom is -0.495 e. The molecule has 8 nitrogen and oxygen atoms in total. The molecule has 10 heteroatoms. The van der Waals surface area contributed by atoms with E-state index in [9.17, 15) is 24.1 Å². The molecule has 1 atom stereocenters. The van der Waals surface area contributed by atoms with Crippen molar-refractivity contribution in [1.29, 1.82) is 0 Å². The number of amides is 1. The summed E-state index contributed by atoms with van der Waals surface area (Å²) in [4.78, 5) is 39.1. The van der Waals surface area contributed by atoms with E-state index in [-0.39, 0.29) is 33.0 Å². The van der Waals surface area contributed by atoms with E-state index in [4.69, 9.17) is 20.8 Å². The summed E-state index contributed by atoms with van der Waals surface area (Å²) in [5, 5.41) is 11.6. The zero-order chi connectivity index (χ0) is 24.1. The first kappa shape index (κ1) is 21.6. The van der Waals surface area contributed by atoms with E-state index in [1.165, 1.54) is 42.3 Å². The van der Waals surface area contributed by atoms with Crippen molar-refractivity contribution in [3.63, 3.8) is 0 Å². The second-order valence-corrected chi connectivity index (χ2v) is 7.97. The first-order valence-corrected chi connectivity index (χ1v) is 10.4. The first-order chi connectivity index (χ1) is 16.3. The number of rotatable bonds is 4. The van der Waals surface area contributed by atoms with Crippen LogP contribution in [0.5, 0.6) is 5.75 Å². The highest BCUT2D eigenvalue weighted by Crippen LogP contribution is 2.43. The lowest BCUT2D eigenvalue weighted by atomic mass is 9.97. The second kappa shape index (κ2) is 7.96. The van der Waals surface area contributed by atoms with Crippen LogP contribution in [0.15, 0.2) is 69.9 Å². The SMILES string of the molecule is COc1ccc(N2C(=O)c3oc4ccc(F)cc4c(=O)c3C2c2cccc([N+](=O)[O-])c2)cc1Cl. The quantitative estimate of drug-likeness (QED) is 0.292. The van der Waals surface area contributed by atoms with E-state index >= 15 is 0 Å². The maximum absolute atomic E-state index is 13.9. The van der Waals surface area contributed by atoms with Gasteiger partial charge in [0.05, 0.1) is 34.0 Å². The van der Waals surface area contributed by atoms with Gasteiger partial charge in [0.2, 0.25) is 5.76 Å². The van der Waals surface area contributed by atoms with Crippen molar-refractivity contribution < 1.29 is 23.3 Å². The number of non-ortho nitro benzene ring substituents is 1. The summed E-state index contributed by atoms with van der Waals surface area (Å²) in [7, 11) is 1.44. The molecule has 1 aliphatic heterocycles. The van der Waals surface area contributed by atoms with Crippen molar-refractivity contribution in [3.8, 4) is 5.75 Å². The Bertz CT molecular complexity index is 1570. The molecule has 1 amide bonds. The molecule has 2 heterocycles. The number of nitrogens with zero attached hydrogens (tertiary/aromatic N) is 2. The molecular formula is C24H14ClFN2O6. The Morgan fingerprint density at radius 3 is 2.62 bits per heavy atom. The minimum absolute atomic E-state index is 0.0448. The maximum Gasteiger partial charge on any atom is 0.295 e. The van der Waals surface area contributed by atoms with Gasteiger partial charge in [-0.1, -0.05) is 23.7 Å². The van der Waals surface area contributed by atoms with Crippen LogP contribution in [0.1, 0.15) is 27.7 Å². The van der Waals surface area contributed by atoms with Gasteiger partial charge >= 0.3 is 0 Å². The minimum atomic E-state index is -1.07. The molecule has 0 N–H and O–H groups in total. The van der Waals surface area contributed by atoms with Gasteiger partial charge in [-0.25, -0.2) is 4.39 Å². The van der Waals surface area contributed by atoms with E-state index < -0.39 is 28.1 Å². The number of hydrogen-bond donors (Lipinski definition) is 0. The number of carbonyl (C=O) groups is 1. The van der Waals surface area contributed by atoms with Gasteiger partial charge < -0.3 is 9.15 Å². The molecule has 0 bridgehead atoms. The normalized spacial score (nSPS) is 15.0. The van der Waals surface area contributed by atoms with Gasteiger partial charge in [0.1, 0.15) is 17.1 Å². The van der Waals surface area contributed by atoms with Crippen LogP contribution in [-0.4, -0.2) is 17.9 Å². The molecule has 0 saturated carbocycles. The van der Waals surface area contributed by atoms with Gasteiger partial charge in [-0.05, 0) is 42.0 Å². The van der Waals surface area contributed by atoms with E-state index in [0.29, 0.717) is 17.0 Å². The molecule has 3 aromatic carbocycles. The van der Waals surface area contributed by atoms with Crippen molar-refractivity contribution >= 4 is 39.9 Å². The smallest absolute Gasteiger partial charge is 0.295 e. The van der Waals surface area contributed by atoms with Crippen LogP contribution in [0, 0.1) is 15.9 Å². The number of hydrogen-bond acceptors (Lipinski definition) is 6. The average Bonchev–Trinajstić information content (AvgIpc) is 3.12. The number of carbonyl (C=O) groups excluding carboxylic acids is 1. The number of nitro benzene ring substituents is 1. The fourth-order valence-corrected chi connectivity index (χ4v) is 4.39. The number of benzene rings is 3. The van der Waals surface area contributed by atoms with Gasteiger partial charge in [-0.2, -0.15) is 0 Å². The van der Waals surface area contributed by atoms with Crippen LogP contribution in [-0.2, 0) is 0 Å². The standard InChI is InChI=1S/C24H14ClFN2O6/c1-33-19-8-6-14(11-17(19)25)27-21(12-3-2-4-15(9-12)28(31)32)20-22(29)16-10-13(26)5-7-18(16)34-23(20)24(27)30/h2-11,21H,1H3. The molecule has 1 aliphatic rings. The Hall–Kier alpha value is -4.24. The molecule has 34 heavy (non-hydrogen) atoms. The Morgan fingerprint density at radius 2 is 1.91 bits per heavy atom. The largest absolute Gasteiger partial charge is 0.495 e. The summed E-state index contributed by atoms with van der Waals surface area (Å²) in [6.45, 7) is 0. The van der Waals surface area contributed by atoms with Crippen molar-refractivity contribution in [2.75, 3.05) is 12.0 Å². The molecule has 5 rings (SSSR count). The third-order valence-corrected chi connectivity index (χ3v) is 5.94. The van der Waals surface area contributed by atoms with Gasteiger partial charge in [-0.3, -0.25) is 24.6 Å². The average molecular weight is 481 g/mol. The zero-order valence-electron chi connectivity index (χ0n) is 17.5. The van der Waals surface area contributed by atoms with Crippen LogP contribution in [0.2, 0.25) is 5.02 Å².